The fourth-order valence-electron chi connectivity index (χ4n) is 3.45. The summed E-state index contributed by atoms with van der Waals surface area (Å²) >= 11 is 12.3. The van der Waals surface area contributed by atoms with Crippen LogP contribution in [0.25, 0.3) is 11.5 Å². The van der Waals surface area contributed by atoms with Crippen LogP contribution in [0.2, 0.25) is 10.0 Å². The zero-order chi connectivity index (χ0) is 25.8. The molecule has 0 fully saturated rings. The number of anilines is 1. The maximum atomic E-state index is 13.5. The molecule has 1 aromatic heterocycles. The molecule has 3 aromatic rings. The molecule has 2 aromatic carbocycles. The van der Waals surface area contributed by atoms with Crippen molar-refractivity contribution in [2.75, 3.05) is 11.9 Å². The highest BCUT2D eigenvalue weighted by Crippen LogP contribution is 2.34. The number of amides is 1. The van der Waals surface area contributed by atoms with Crippen LogP contribution in [0.1, 0.15) is 38.6 Å². The van der Waals surface area contributed by atoms with Gasteiger partial charge in [-0.3, -0.25) is 4.79 Å². The van der Waals surface area contributed by atoms with Gasteiger partial charge in [0.1, 0.15) is 6.04 Å². The standard InChI is InChI=1S/C24H25Cl2F3N4O2/c1-4-11-33(13-20-31-32-22(35-20)16-7-5-6-8-17(16)25)23(34)21(14(2)3)30-19-10-9-15(12-18(19)26)24(27,28)29/h5-10,12,14,21,30H,4,11,13H2,1-3H3/t21-/m0/s1. The molecule has 0 radical (unpaired) electrons. The van der Waals surface area contributed by atoms with Crippen LogP contribution in [-0.4, -0.2) is 33.6 Å². The molecule has 0 aliphatic rings. The fourth-order valence-corrected chi connectivity index (χ4v) is 3.90. The van der Waals surface area contributed by atoms with Crippen LogP contribution >= 0.6 is 23.2 Å². The minimum Gasteiger partial charge on any atom is -0.419 e. The SMILES string of the molecule is CCCN(Cc1nnc(-c2ccccc2Cl)o1)C(=O)[C@@H](Nc1ccc(C(F)(F)F)cc1Cl)C(C)C. The van der Waals surface area contributed by atoms with Gasteiger partial charge in [0.05, 0.1) is 33.4 Å². The number of nitrogens with zero attached hydrogens (tertiary/aromatic N) is 3. The third kappa shape index (κ3) is 6.67. The molecule has 0 unspecified atom stereocenters. The van der Waals surface area contributed by atoms with Gasteiger partial charge in [-0.1, -0.05) is 56.1 Å². The average Bonchev–Trinajstić information content (AvgIpc) is 3.25. The quantitative estimate of drug-likeness (QED) is 0.325. The summed E-state index contributed by atoms with van der Waals surface area (Å²) in [5.74, 6) is 0.0123. The third-order valence-electron chi connectivity index (χ3n) is 5.24. The topological polar surface area (TPSA) is 71.3 Å². The molecule has 6 nitrogen and oxygen atoms in total. The molecule has 1 atom stereocenters. The summed E-state index contributed by atoms with van der Waals surface area (Å²) in [5, 5.41) is 11.4. The van der Waals surface area contributed by atoms with Gasteiger partial charge in [0, 0.05) is 6.54 Å². The summed E-state index contributed by atoms with van der Waals surface area (Å²) in [6.45, 7) is 6.07. The van der Waals surface area contributed by atoms with Crippen LogP contribution in [0.5, 0.6) is 0 Å². The van der Waals surface area contributed by atoms with E-state index in [0.29, 0.717) is 23.6 Å². The van der Waals surface area contributed by atoms with Gasteiger partial charge < -0.3 is 14.6 Å². The Labute approximate surface area is 211 Å². The summed E-state index contributed by atoms with van der Waals surface area (Å²) in [5.41, 5.74) is -0.0410. The minimum absolute atomic E-state index is 0.0652. The smallest absolute Gasteiger partial charge is 0.416 e. The Hall–Kier alpha value is -2.78. The zero-order valence-electron chi connectivity index (χ0n) is 19.4. The van der Waals surface area contributed by atoms with Crippen molar-refractivity contribution >= 4 is 34.8 Å². The van der Waals surface area contributed by atoms with Crippen LogP contribution in [0.15, 0.2) is 46.9 Å². The highest BCUT2D eigenvalue weighted by molar-refractivity contribution is 6.33. The van der Waals surface area contributed by atoms with Gasteiger partial charge in [0.25, 0.3) is 0 Å². The number of carbonyl (C=O) groups excluding carboxylic acids is 1. The van der Waals surface area contributed by atoms with Crippen LogP contribution in [0.3, 0.4) is 0 Å². The van der Waals surface area contributed by atoms with E-state index in [4.69, 9.17) is 27.6 Å². The number of halogens is 5. The molecule has 0 saturated heterocycles. The number of benzene rings is 2. The molecule has 1 N–H and O–H groups in total. The van der Waals surface area contributed by atoms with E-state index >= 15 is 0 Å². The van der Waals surface area contributed by atoms with Crippen molar-refractivity contribution in [1.82, 2.24) is 15.1 Å². The van der Waals surface area contributed by atoms with Gasteiger partial charge in [-0.05, 0) is 42.7 Å². The third-order valence-corrected chi connectivity index (χ3v) is 5.88. The van der Waals surface area contributed by atoms with Gasteiger partial charge in [-0.15, -0.1) is 10.2 Å². The lowest BCUT2D eigenvalue weighted by atomic mass is 10.0. The molecule has 0 saturated carbocycles. The predicted octanol–water partition coefficient (Wildman–Crippen LogP) is 6.94. The minimum atomic E-state index is -4.51. The van der Waals surface area contributed by atoms with Crippen molar-refractivity contribution in [3.05, 3.63) is 64.0 Å². The zero-order valence-corrected chi connectivity index (χ0v) is 20.9. The normalized spacial score (nSPS) is 12.6. The fraction of sp³-hybridized carbons (Fsp3) is 0.375. The first-order valence-electron chi connectivity index (χ1n) is 11.0. The lowest BCUT2D eigenvalue weighted by Gasteiger charge is -2.30. The molecule has 0 spiro atoms. The predicted molar refractivity (Wildman–Crippen MR) is 129 cm³/mol. The van der Waals surface area contributed by atoms with Crippen molar-refractivity contribution in [2.24, 2.45) is 5.92 Å². The first kappa shape index (κ1) is 26.8. The summed E-state index contributed by atoms with van der Waals surface area (Å²) < 4.78 is 44.7. The van der Waals surface area contributed by atoms with E-state index in [1.165, 1.54) is 6.07 Å². The van der Waals surface area contributed by atoms with Gasteiger partial charge >= 0.3 is 6.18 Å². The largest absolute Gasteiger partial charge is 0.419 e. The Morgan fingerprint density at radius 1 is 1.11 bits per heavy atom. The molecule has 0 aliphatic heterocycles. The monoisotopic (exact) mass is 528 g/mol. The van der Waals surface area contributed by atoms with E-state index < -0.39 is 17.8 Å². The number of hydrogen-bond donors (Lipinski definition) is 1. The summed E-state index contributed by atoms with van der Waals surface area (Å²) in [7, 11) is 0. The molecular weight excluding hydrogens is 504 g/mol. The van der Waals surface area contributed by atoms with Crippen molar-refractivity contribution in [3.8, 4) is 11.5 Å². The number of aromatic nitrogens is 2. The molecule has 3 rings (SSSR count). The molecular formula is C24H25Cl2F3N4O2. The summed E-state index contributed by atoms with van der Waals surface area (Å²) in [4.78, 5) is 15.1. The van der Waals surface area contributed by atoms with Gasteiger partial charge in [0.2, 0.25) is 17.7 Å². The highest BCUT2D eigenvalue weighted by atomic mass is 35.5. The van der Waals surface area contributed by atoms with Gasteiger partial charge in [-0.2, -0.15) is 13.2 Å². The highest BCUT2D eigenvalue weighted by Gasteiger charge is 2.32. The van der Waals surface area contributed by atoms with Crippen LogP contribution < -0.4 is 5.32 Å². The Bertz CT molecular complexity index is 1170. The molecule has 0 aliphatic carbocycles. The van der Waals surface area contributed by atoms with Crippen molar-refractivity contribution in [2.45, 2.75) is 46.0 Å². The van der Waals surface area contributed by atoms with Crippen LogP contribution in [-0.2, 0) is 17.5 Å². The van der Waals surface area contributed by atoms with Crippen LogP contribution in [0.4, 0.5) is 18.9 Å². The summed E-state index contributed by atoms with van der Waals surface area (Å²) in [6.07, 6.45) is -3.84. The van der Waals surface area contributed by atoms with Crippen molar-refractivity contribution in [3.63, 3.8) is 0 Å². The Morgan fingerprint density at radius 3 is 2.43 bits per heavy atom. The van der Waals surface area contributed by atoms with E-state index in [1.807, 2.05) is 20.8 Å². The van der Waals surface area contributed by atoms with E-state index in [0.717, 1.165) is 12.1 Å². The molecule has 188 valence electrons. The maximum Gasteiger partial charge on any atom is 0.416 e. The van der Waals surface area contributed by atoms with E-state index in [9.17, 15) is 18.0 Å². The summed E-state index contributed by atoms with van der Waals surface area (Å²) in [6, 6.07) is 9.28. The average molecular weight is 529 g/mol. The Morgan fingerprint density at radius 2 is 1.83 bits per heavy atom. The van der Waals surface area contributed by atoms with E-state index in [1.54, 1.807) is 29.2 Å². The molecule has 1 heterocycles. The van der Waals surface area contributed by atoms with E-state index in [2.05, 4.69) is 15.5 Å². The number of nitrogens with one attached hydrogen (secondary N) is 1. The van der Waals surface area contributed by atoms with Crippen molar-refractivity contribution in [1.29, 1.82) is 0 Å². The molecule has 11 heteroatoms. The molecule has 1 amide bonds. The number of hydrogen-bond acceptors (Lipinski definition) is 5. The van der Waals surface area contributed by atoms with E-state index in [-0.39, 0.29) is 40.9 Å². The maximum absolute atomic E-state index is 13.5. The number of alkyl halides is 3. The number of carbonyl (C=O) groups is 1. The molecule has 35 heavy (non-hydrogen) atoms. The molecule has 0 bridgehead atoms. The Kier molecular flexibility index (Phi) is 8.66. The van der Waals surface area contributed by atoms with Gasteiger partial charge in [-0.25, -0.2) is 0 Å². The number of rotatable bonds is 9. The lowest BCUT2D eigenvalue weighted by molar-refractivity contribution is -0.137. The van der Waals surface area contributed by atoms with Crippen LogP contribution in [0, 0.1) is 5.92 Å². The second kappa shape index (κ2) is 11.3. The lowest BCUT2D eigenvalue weighted by Crippen LogP contribution is -2.45. The van der Waals surface area contributed by atoms with Crippen molar-refractivity contribution < 1.29 is 22.4 Å². The Balaban J connectivity index is 1.80. The first-order valence-corrected chi connectivity index (χ1v) is 11.8. The second-order valence-corrected chi connectivity index (χ2v) is 9.11. The first-order chi connectivity index (χ1) is 16.5. The second-order valence-electron chi connectivity index (χ2n) is 8.30. The van der Waals surface area contributed by atoms with Gasteiger partial charge in [0.15, 0.2) is 0 Å².